The number of carbonyl (C=O) groups excluding carboxylic acids is 2. The van der Waals surface area contributed by atoms with Crippen molar-refractivity contribution in [2.45, 2.75) is 30.4 Å². The second kappa shape index (κ2) is 10.2. The summed E-state index contributed by atoms with van der Waals surface area (Å²) in [6, 6.07) is 13.0. The zero-order valence-corrected chi connectivity index (χ0v) is 20.8. The van der Waals surface area contributed by atoms with Gasteiger partial charge in [-0.25, -0.2) is 23.3 Å². The number of sulfonamides is 1. The van der Waals surface area contributed by atoms with E-state index in [1.165, 1.54) is 17.2 Å². The molecule has 4 rings (SSSR count). The fourth-order valence-corrected chi connectivity index (χ4v) is 4.91. The summed E-state index contributed by atoms with van der Waals surface area (Å²) in [5.74, 6) is -0.262. The molecule has 2 aromatic carbocycles. The van der Waals surface area contributed by atoms with Crippen molar-refractivity contribution >= 4 is 45.1 Å². The van der Waals surface area contributed by atoms with Gasteiger partial charge in [-0.1, -0.05) is 29.8 Å². The van der Waals surface area contributed by atoms with E-state index in [2.05, 4.69) is 15.6 Å². The van der Waals surface area contributed by atoms with Gasteiger partial charge in [-0.2, -0.15) is 0 Å². The van der Waals surface area contributed by atoms with Crippen molar-refractivity contribution in [1.82, 2.24) is 9.88 Å². The minimum atomic E-state index is -3.95. The third-order valence-electron chi connectivity index (χ3n) is 5.76. The number of nitrogens with zero attached hydrogens (tertiary/aromatic N) is 2. The van der Waals surface area contributed by atoms with Crippen molar-refractivity contribution in [2.75, 3.05) is 17.2 Å². The van der Waals surface area contributed by atoms with Gasteiger partial charge in [0.05, 0.1) is 11.0 Å². The Bertz CT molecular complexity index is 1410. The number of aromatic nitrogens is 1. The highest BCUT2D eigenvalue weighted by Crippen LogP contribution is 2.29. The molecule has 12 heteroatoms. The van der Waals surface area contributed by atoms with Crippen molar-refractivity contribution in [3.05, 3.63) is 71.4 Å². The molecule has 1 aromatic heterocycles. The number of amides is 3. The lowest BCUT2D eigenvalue weighted by Crippen LogP contribution is -2.45. The molecule has 3 aromatic rings. The summed E-state index contributed by atoms with van der Waals surface area (Å²) in [6.07, 6.45) is 0.641. The van der Waals surface area contributed by atoms with Crippen molar-refractivity contribution < 1.29 is 23.1 Å². The Morgan fingerprint density at radius 2 is 1.83 bits per heavy atom. The Balaban J connectivity index is 1.51. The largest absolute Gasteiger partial charge is 0.391 e. The number of anilines is 2. The van der Waals surface area contributed by atoms with E-state index in [-0.39, 0.29) is 23.7 Å². The van der Waals surface area contributed by atoms with Crippen LogP contribution in [0.25, 0.3) is 11.1 Å². The fourth-order valence-electron chi connectivity index (χ4n) is 4.02. The molecule has 3 amide bonds. The minimum absolute atomic E-state index is 0.00674. The molecule has 0 aliphatic carbocycles. The van der Waals surface area contributed by atoms with E-state index in [1.54, 1.807) is 55.5 Å². The minimum Gasteiger partial charge on any atom is -0.391 e. The van der Waals surface area contributed by atoms with E-state index in [0.29, 0.717) is 27.4 Å². The first-order chi connectivity index (χ1) is 17.0. The number of benzene rings is 2. The fraction of sp³-hybridized carbons (Fsp3) is 0.208. The van der Waals surface area contributed by atoms with E-state index in [0.717, 1.165) is 0 Å². The van der Waals surface area contributed by atoms with E-state index < -0.39 is 34.1 Å². The molecule has 0 spiro atoms. The monoisotopic (exact) mass is 529 g/mol. The Hall–Kier alpha value is -3.51. The number of primary sulfonamides is 1. The van der Waals surface area contributed by atoms with Crippen LogP contribution in [-0.2, 0) is 14.8 Å². The van der Waals surface area contributed by atoms with Crippen LogP contribution < -0.4 is 15.8 Å². The number of hydrogen-bond acceptors (Lipinski definition) is 6. The van der Waals surface area contributed by atoms with Crippen LogP contribution in [0.15, 0.2) is 65.7 Å². The Morgan fingerprint density at radius 1 is 1.14 bits per heavy atom. The number of nitrogens with two attached hydrogens (primary N) is 1. The van der Waals surface area contributed by atoms with E-state index >= 15 is 0 Å². The number of halogens is 1. The highest BCUT2D eigenvalue weighted by molar-refractivity contribution is 7.89. The first kappa shape index (κ1) is 25.6. The number of aliphatic hydroxyl groups excluding tert-OH is 1. The standard InChI is InChI=1S/C24H24ClN5O5S/c1-14-10-15(19-4-2-3-5-21(19)36(26,34)35)12-27-22(14)29-23(32)20-11-18(31)13-30(20)24(33)28-17-8-6-16(25)7-9-17/h2-10,12,18,20,31H,11,13H2,1H3,(H,28,33)(H2,26,34,35)(H,27,29,32). The lowest BCUT2D eigenvalue weighted by molar-refractivity contribution is -0.119. The molecule has 36 heavy (non-hydrogen) atoms. The van der Waals surface area contributed by atoms with Crippen LogP contribution in [0.3, 0.4) is 0 Å². The van der Waals surface area contributed by atoms with Gasteiger partial charge in [-0.05, 0) is 48.9 Å². The average Bonchev–Trinajstić information content (AvgIpc) is 3.23. The highest BCUT2D eigenvalue weighted by Gasteiger charge is 2.39. The predicted molar refractivity (Wildman–Crippen MR) is 136 cm³/mol. The lowest BCUT2D eigenvalue weighted by atomic mass is 10.1. The molecule has 0 bridgehead atoms. The number of aliphatic hydroxyl groups is 1. The van der Waals surface area contributed by atoms with Gasteiger partial charge in [0.15, 0.2) is 0 Å². The smallest absolute Gasteiger partial charge is 0.322 e. The summed E-state index contributed by atoms with van der Waals surface area (Å²) < 4.78 is 23.9. The van der Waals surface area contributed by atoms with Gasteiger partial charge < -0.3 is 20.6 Å². The first-order valence-corrected chi connectivity index (χ1v) is 12.9. The van der Waals surface area contributed by atoms with Crippen molar-refractivity contribution in [3.8, 4) is 11.1 Å². The van der Waals surface area contributed by atoms with Crippen LogP contribution in [0.5, 0.6) is 0 Å². The number of rotatable bonds is 5. The first-order valence-electron chi connectivity index (χ1n) is 10.9. The molecule has 10 nitrogen and oxygen atoms in total. The third-order valence-corrected chi connectivity index (χ3v) is 6.98. The highest BCUT2D eigenvalue weighted by atomic mass is 35.5. The number of nitrogens with one attached hydrogen (secondary N) is 2. The molecule has 188 valence electrons. The van der Waals surface area contributed by atoms with Crippen molar-refractivity contribution in [1.29, 1.82) is 0 Å². The van der Waals surface area contributed by atoms with Crippen LogP contribution in [0, 0.1) is 6.92 Å². The van der Waals surface area contributed by atoms with E-state index in [4.69, 9.17) is 16.7 Å². The molecule has 2 unspecified atom stereocenters. The Morgan fingerprint density at radius 3 is 2.50 bits per heavy atom. The van der Waals surface area contributed by atoms with Crippen LogP contribution >= 0.6 is 11.6 Å². The third kappa shape index (κ3) is 5.65. The summed E-state index contributed by atoms with van der Waals surface area (Å²) in [4.78, 5) is 31.4. The molecular formula is C24H24ClN5O5S. The normalized spacial score (nSPS) is 17.6. The van der Waals surface area contributed by atoms with Crippen molar-refractivity contribution in [3.63, 3.8) is 0 Å². The van der Waals surface area contributed by atoms with Crippen LogP contribution in [0.1, 0.15) is 12.0 Å². The maximum atomic E-state index is 13.1. The Kier molecular flexibility index (Phi) is 7.27. The second-order valence-electron chi connectivity index (χ2n) is 8.41. The molecule has 0 radical (unpaired) electrons. The molecule has 2 atom stereocenters. The van der Waals surface area contributed by atoms with Gasteiger partial charge in [0.25, 0.3) is 0 Å². The second-order valence-corrected chi connectivity index (χ2v) is 10.4. The molecule has 0 saturated carbocycles. The van der Waals surface area contributed by atoms with Crippen LogP contribution in [0.2, 0.25) is 5.02 Å². The van der Waals surface area contributed by atoms with Gasteiger partial charge in [0.2, 0.25) is 15.9 Å². The Labute approximate surface area is 213 Å². The molecule has 1 aliphatic rings. The van der Waals surface area contributed by atoms with Crippen LogP contribution in [0.4, 0.5) is 16.3 Å². The number of likely N-dealkylation sites (tertiary alicyclic amines) is 1. The molecular weight excluding hydrogens is 506 g/mol. The summed E-state index contributed by atoms with van der Waals surface area (Å²) in [6.45, 7) is 1.70. The summed E-state index contributed by atoms with van der Waals surface area (Å²) in [7, 11) is -3.95. The SMILES string of the molecule is Cc1cc(-c2ccccc2S(N)(=O)=O)cnc1NC(=O)C1CC(O)CN1C(=O)Nc1ccc(Cl)cc1. The number of β-amino-alcohol motifs (C(OH)–C–C–N with tert-alkyl or cyclic N) is 1. The quantitative estimate of drug-likeness (QED) is 0.398. The van der Waals surface area contributed by atoms with Gasteiger partial charge in [-0.15, -0.1) is 0 Å². The molecule has 1 aliphatic heterocycles. The zero-order valence-electron chi connectivity index (χ0n) is 19.2. The number of carbonyl (C=O) groups is 2. The molecule has 1 fully saturated rings. The van der Waals surface area contributed by atoms with Crippen LogP contribution in [-0.4, -0.2) is 54.0 Å². The summed E-state index contributed by atoms with van der Waals surface area (Å²) >= 11 is 5.87. The number of urea groups is 1. The van der Waals surface area contributed by atoms with Gasteiger partial charge in [-0.3, -0.25) is 4.79 Å². The average molecular weight is 530 g/mol. The molecule has 2 heterocycles. The predicted octanol–water partition coefficient (Wildman–Crippen LogP) is 2.96. The summed E-state index contributed by atoms with van der Waals surface area (Å²) in [5, 5.41) is 21.4. The number of hydrogen-bond donors (Lipinski definition) is 4. The number of aryl methyl sites for hydroxylation is 1. The van der Waals surface area contributed by atoms with Gasteiger partial charge in [0, 0.05) is 41.0 Å². The van der Waals surface area contributed by atoms with Gasteiger partial charge in [0.1, 0.15) is 11.9 Å². The number of pyridine rings is 1. The van der Waals surface area contributed by atoms with Crippen molar-refractivity contribution in [2.24, 2.45) is 5.14 Å². The maximum Gasteiger partial charge on any atom is 0.322 e. The van der Waals surface area contributed by atoms with Gasteiger partial charge >= 0.3 is 6.03 Å². The zero-order chi connectivity index (χ0) is 26.0. The van der Waals surface area contributed by atoms with E-state index in [1.807, 2.05) is 0 Å². The maximum absolute atomic E-state index is 13.1. The topological polar surface area (TPSA) is 155 Å². The lowest BCUT2D eigenvalue weighted by Gasteiger charge is -2.24. The summed E-state index contributed by atoms with van der Waals surface area (Å²) in [5.41, 5.74) is 1.96. The molecule has 1 saturated heterocycles. The van der Waals surface area contributed by atoms with E-state index in [9.17, 15) is 23.1 Å². The molecule has 5 N–H and O–H groups in total.